The molecule has 0 aliphatic heterocycles. The highest BCUT2D eigenvalue weighted by Gasteiger charge is 2.22. The minimum Gasteiger partial charge on any atom is -0.491 e. The molecule has 0 saturated carbocycles. The van der Waals surface area contributed by atoms with E-state index in [1.165, 1.54) is 13.8 Å². The molecule has 1 rings (SSSR count). The van der Waals surface area contributed by atoms with Crippen LogP contribution in [0.25, 0.3) is 0 Å². The summed E-state index contributed by atoms with van der Waals surface area (Å²) in [6, 6.07) is 6.71. The third kappa shape index (κ3) is 7.32. The van der Waals surface area contributed by atoms with Gasteiger partial charge in [0.25, 0.3) is 0 Å². The second-order valence-electron chi connectivity index (χ2n) is 5.69. The number of amidine groups is 1. The van der Waals surface area contributed by atoms with Gasteiger partial charge < -0.3 is 21.5 Å². The first-order valence-electron chi connectivity index (χ1n) is 7.29. The van der Waals surface area contributed by atoms with Gasteiger partial charge in [0.1, 0.15) is 18.2 Å². The lowest BCUT2D eigenvalue weighted by atomic mass is 10.1. The van der Waals surface area contributed by atoms with Crippen molar-refractivity contribution >= 4 is 23.4 Å². The van der Waals surface area contributed by atoms with E-state index in [0.717, 1.165) is 0 Å². The highest BCUT2D eigenvalue weighted by atomic mass is 35.5. The molecule has 6 nitrogen and oxygen atoms in total. The van der Waals surface area contributed by atoms with E-state index in [0.29, 0.717) is 10.8 Å². The first kappa shape index (κ1) is 19.8. The number of rotatable bonds is 6. The van der Waals surface area contributed by atoms with Gasteiger partial charge in [-0.3, -0.25) is 0 Å². The molecule has 0 aromatic heterocycles. The van der Waals surface area contributed by atoms with Crippen LogP contribution in [0.5, 0.6) is 5.75 Å². The number of nitrogens with one attached hydrogen (secondary N) is 1. The lowest BCUT2D eigenvalue weighted by molar-refractivity contribution is 0.297. The molecule has 0 saturated heterocycles. The fourth-order valence-corrected chi connectivity index (χ4v) is 1.68. The maximum absolute atomic E-state index is 13.8. The molecule has 1 atom stereocenters. The summed E-state index contributed by atoms with van der Waals surface area (Å²) in [7, 11) is 0. The summed E-state index contributed by atoms with van der Waals surface area (Å²) in [5, 5.41) is 3.22. The van der Waals surface area contributed by atoms with Crippen LogP contribution in [0.2, 0.25) is 5.02 Å². The number of hydrogen-bond donors (Lipinski definition) is 3. The second-order valence-corrected chi connectivity index (χ2v) is 6.13. The van der Waals surface area contributed by atoms with Gasteiger partial charge in [-0.05, 0) is 39.0 Å². The van der Waals surface area contributed by atoms with E-state index in [1.807, 2.05) is 0 Å². The number of benzene rings is 1. The molecule has 1 unspecified atom stereocenters. The van der Waals surface area contributed by atoms with Gasteiger partial charge in [0, 0.05) is 5.02 Å². The molecule has 0 aliphatic rings. The fourth-order valence-electron chi connectivity index (χ4n) is 1.50. The Bertz CT molecular complexity index is 640. The van der Waals surface area contributed by atoms with Gasteiger partial charge in [-0.15, -0.1) is 0 Å². The zero-order valence-electron chi connectivity index (χ0n) is 14.0. The summed E-state index contributed by atoms with van der Waals surface area (Å²) in [4.78, 5) is 8.22. The maximum atomic E-state index is 13.8. The third-order valence-electron chi connectivity index (χ3n) is 2.74. The number of hydrogen-bond acceptors (Lipinski definition) is 3. The monoisotopic (exact) mass is 355 g/mol. The van der Waals surface area contributed by atoms with Gasteiger partial charge in [-0.1, -0.05) is 24.2 Å². The van der Waals surface area contributed by atoms with E-state index in [2.05, 4.69) is 21.9 Å². The second kappa shape index (κ2) is 8.54. The van der Waals surface area contributed by atoms with Crippen LogP contribution in [-0.4, -0.2) is 30.1 Å². The molecule has 1 aromatic rings. The summed E-state index contributed by atoms with van der Waals surface area (Å²) in [5.74, 6) is 0.575. The summed E-state index contributed by atoms with van der Waals surface area (Å²) in [6.07, 6.45) is 0. The maximum Gasteiger partial charge on any atom is 0.225 e. The Morgan fingerprint density at radius 1 is 1.46 bits per heavy atom. The highest BCUT2D eigenvalue weighted by molar-refractivity contribution is 6.30. The van der Waals surface area contributed by atoms with Crippen LogP contribution in [0.4, 0.5) is 4.39 Å². The van der Waals surface area contributed by atoms with Crippen LogP contribution in [-0.2, 0) is 0 Å². The Morgan fingerprint density at radius 3 is 2.67 bits per heavy atom. The van der Waals surface area contributed by atoms with Crippen molar-refractivity contribution in [2.45, 2.75) is 32.5 Å². The molecular weight excluding hydrogens is 333 g/mol. The molecular formula is C16H23ClFN5O. The van der Waals surface area contributed by atoms with Gasteiger partial charge in [0.15, 0.2) is 5.67 Å². The normalized spacial score (nSPS) is 14.2. The van der Waals surface area contributed by atoms with E-state index >= 15 is 0 Å². The van der Waals surface area contributed by atoms with E-state index in [9.17, 15) is 4.39 Å². The van der Waals surface area contributed by atoms with Crippen LogP contribution >= 0.6 is 11.6 Å². The van der Waals surface area contributed by atoms with Crippen LogP contribution in [0, 0.1) is 0 Å². The number of aliphatic imine (C=N–C) groups is 2. The van der Waals surface area contributed by atoms with Crippen molar-refractivity contribution in [1.82, 2.24) is 5.32 Å². The van der Waals surface area contributed by atoms with Crippen LogP contribution in [0.3, 0.4) is 0 Å². The minimum absolute atomic E-state index is 0.0629. The number of halogens is 2. The standard InChI is InChI=1S/C16H23ClFN5O/c1-10(9-24-13-7-5-6-12(17)8-13)21-15(22-11(2)19)23-14(20)16(3,4)18/h5-8,10H,2,9,19H2,1,3-4H3,(H3,20,21,22,23). The number of alkyl halides is 1. The van der Waals surface area contributed by atoms with Crippen molar-refractivity contribution in [2.75, 3.05) is 6.61 Å². The average Bonchev–Trinajstić information content (AvgIpc) is 2.43. The van der Waals surface area contributed by atoms with Crippen LogP contribution in [0.1, 0.15) is 20.8 Å². The molecule has 0 heterocycles. The SMILES string of the molecule is C=C(N)NC(=NC(C)COc1cccc(Cl)c1)N=C(N)C(C)(C)F. The Kier molecular flexibility index (Phi) is 7.03. The number of ether oxygens (including phenoxy) is 1. The number of nitrogens with zero attached hydrogens (tertiary/aromatic N) is 2. The first-order chi connectivity index (χ1) is 11.1. The molecule has 132 valence electrons. The first-order valence-corrected chi connectivity index (χ1v) is 7.67. The molecule has 0 bridgehead atoms. The smallest absolute Gasteiger partial charge is 0.225 e. The van der Waals surface area contributed by atoms with Crippen LogP contribution in [0.15, 0.2) is 46.7 Å². The zero-order valence-corrected chi connectivity index (χ0v) is 14.8. The molecule has 0 aliphatic carbocycles. The molecule has 8 heteroatoms. The fraction of sp³-hybridized carbons (Fsp3) is 0.375. The zero-order chi connectivity index (χ0) is 18.3. The van der Waals surface area contributed by atoms with Crippen molar-refractivity contribution in [3.63, 3.8) is 0 Å². The van der Waals surface area contributed by atoms with E-state index in [1.54, 1.807) is 31.2 Å². The van der Waals surface area contributed by atoms with E-state index < -0.39 is 5.67 Å². The predicted molar refractivity (Wildman–Crippen MR) is 97.1 cm³/mol. The largest absolute Gasteiger partial charge is 0.491 e. The van der Waals surface area contributed by atoms with Crippen molar-refractivity contribution in [3.05, 3.63) is 41.7 Å². The minimum atomic E-state index is -1.78. The molecule has 0 radical (unpaired) electrons. The Balaban J connectivity index is 2.83. The number of guanidine groups is 1. The van der Waals surface area contributed by atoms with Gasteiger partial charge in [-0.25, -0.2) is 9.38 Å². The molecule has 1 aromatic carbocycles. The summed E-state index contributed by atoms with van der Waals surface area (Å²) in [5.41, 5.74) is 9.34. The average molecular weight is 356 g/mol. The highest BCUT2D eigenvalue weighted by Crippen LogP contribution is 2.17. The molecule has 0 fully saturated rings. The third-order valence-corrected chi connectivity index (χ3v) is 2.97. The van der Waals surface area contributed by atoms with Gasteiger partial charge in [0.05, 0.1) is 11.9 Å². The Hall–Kier alpha value is -2.28. The van der Waals surface area contributed by atoms with Crippen LogP contribution < -0.4 is 21.5 Å². The van der Waals surface area contributed by atoms with Crippen molar-refractivity contribution in [1.29, 1.82) is 0 Å². The number of nitrogens with two attached hydrogens (primary N) is 2. The summed E-state index contributed by atoms with van der Waals surface area (Å²) >= 11 is 5.89. The topological polar surface area (TPSA) is 98.0 Å². The van der Waals surface area contributed by atoms with Crippen molar-refractivity contribution in [2.24, 2.45) is 21.5 Å². The van der Waals surface area contributed by atoms with E-state index in [4.69, 9.17) is 27.8 Å². The summed E-state index contributed by atoms with van der Waals surface area (Å²) < 4.78 is 19.4. The van der Waals surface area contributed by atoms with Gasteiger partial charge >= 0.3 is 0 Å². The molecule has 0 spiro atoms. The van der Waals surface area contributed by atoms with Gasteiger partial charge in [0.2, 0.25) is 5.96 Å². The molecule has 24 heavy (non-hydrogen) atoms. The van der Waals surface area contributed by atoms with Crippen molar-refractivity contribution in [3.8, 4) is 5.75 Å². The Morgan fingerprint density at radius 2 is 2.12 bits per heavy atom. The lowest BCUT2D eigenvalue weighted by Gasteiger charge is -2.15. The van der Waals surface area contributed by atoms with Gasteiger partial charge in [-0.2, -0.15) is 4.99 Å². The quantitative estimate of drug-likeness (QED) is 0.539. The molecule has 0 amide bonds. The van der Waals surface area contributed by atoms with E-state index in [-0.39, 0.29) is 30.3 Å². The predicted octanol–water partition coefficient (Wildman–Crippen LogP) is 2.59. The summed E-state index contributed by atoms with van der Waals surface area (Å²) in [6.45, 7) is 8.17. The lowest BCUT2D eigenvalue weighted by Crippen LogP contribution is -2.37. The molecule has 5 N–H and O–H groups in total. The Labute approximate surface area is 146 Å². The van der Waals surface area contributed by atoms with Crippen molar-refractivity contribution < 1.29 is 9.13 Å².